The van der Waals surface area contributed by atoms with E-state index in [1.54, 1.807) is 0 Å². The van der Waals surface area contributed by atoms with Crippen molar-refractivity contribution in [2.75, 3.05) is 18.6 Å². The molecule has 0 radical (unpaired) electrons. The van der Waals surface area contributed by atoms with E-state index >= 15 is 0 Å². The lowest BCUT2D eigenvalue weighted by Crippen LogP contribution is -2.53. The molecule has 2 fully saturated rings. The number of amides is 1. The Morgan fingerprint density at radius 1 is 1.22 bits per heavy atom. The van der Waals surface area contributed by atoms with E-state index in [-0.39, 0.29) is 17.1 Å². The van der Waals surface area contributed by atoms with Crippen LogP contribution in [0.3, 0.4) is 0 Å². The molecule has 0 heterocycles. The maximum absolute atomic E-state index is 12.0. The summed E-state index contributed by atoms with van der Waals surface area (Å²) in [7, 11) is -2.98. The van der Waals surface area contributed by atoms with E-state index < -0.39 is 15.4 Å². The van der Waals surface area contributed by atoms with Gasteiger partial charge in [0.15, 0.2) is 0 Å². The SMILES string of the molecule is CS(=O)(=O)CC1(CNC(=O)C2(N)CCCC2)CC1. The fourth-order valence-corrected chi connectivity index (χ4v) is 4.28. The standard InChI is InChI=1S/C12H22N2O3S/c1-18(16,17)9-11(6-7-11)8-14-10(15)12(13)4-2-3-5-12/h2-9,13H2,1H3,(H,14,15). The van der Waals surface area contributed by atoms with Crippen LogP contribution >= 0.6 is 0 Å². The van der Waals surface area contributed by atoms with Gasteiger partial charge in [0.05, 0.1) is 11.3 Å². The molecular weight excluding hydrogens is 252 g/mol. The van der Waals surface area contributed by atoms with E-state index in [1.165, 1.54) is 6.26 Å². The summed E-state index contributed by atoms with van der Waals surface area (Å²) in [6.45, 7) is 0.442. The van der Waals surface area contributed by atoms with Gasteiger partial charge >= 0.3 is 0 Å². The molecule has 1 amide bonds. The van der Waals surface area contributed by atoms with Crippen LogP contribution in [0.5, 0.6) is 0 Å². The molecule has 0 aromatic rings. The summed E-state index contributed by atoms with van der Waals surface area (Å²) in [4.78, 5) is 12.0. The smallest absolute Gasteiger partial charge is 0.240 e. The van der Waals surface area contributed by atoms with Gasteiger partial charge in [-0.3, -0.25) is 4.79 Å². The molecule has 5 nitrogen and oxygen atoms in total. The topological polar surface area (TPSA) is 89.3 Å². The first-order valence-corrected chi connectivity index (χ1v) is 8.56. The Morgan fingerprint density at radius 3 is 2.22 bits per heavy atom. The van der Waals surface area contributed by atoms with Crippen LogP contribution in [0.2, 0.25) is 0 Å². The third-order valence-corrected chi connectivity index (χ3v) is 5.23. The molecule has 0 spiro atoms. The van der Waals surface area contributed by atoms with E-state index in [2.05, 4.69) is 5.32 Å². The van der Waals surface area contributed by atoms with Crippen LogP contribution in [0.4, 0.5) is 0 Å². The van der Waals surface area contributed by atoms with Crippen molar-refractivity contribution in [1.82, 2.24) is 5.32 Å². The molecule has 0 saturated heterocycles. The van der Waals surface area contributed by atoms with Gasteiger partial charge in [-0.15, -0.1) is 0 Å². The van der Waals surface area contributed by atoms with Crippen LogP contribution in [-0.2, 0) is 14.6 Å². The van der Waals surface area contributed by atoms with E-state index in [9.17, 15) is 13.2 Å². The number of rotatable bonds is 5. The highest BCUT2D eigenvalue weighted by Gasteiger charge is 2.46. The summed E-state index contributed by atoms with van der Waals surface area (Å²) in [5.41, 5.74) is 5.10. The van der Waals surface area contributed by atoms with Crippen molar-refractivity contribution < 1.29 is 13.2 Å². The predicted molar refractivity (Wildman–Crippen MR) is 69.8 cm³/mol. The van der Waals surface area contributed by atoms with Crippen molar-refractivity contribution in [2.45, 2.75) is 44.1 Å². The number of hydrogen-bond donors (Lipinski definition) is 2. The second kappa shape index (κ2) is 4.49. The maximum atomic E-state index is 12.0. The van der Waals surface area contributed by atoms with Crippen molar-refractivity contribution in [3.63, 3.8) is 0 Å². The lowest BCUT2D eigenvalue weighted by Gasteiger charge is -2.24. The zero-order valence-electron chi connectivity index (χ0n) is 10.9. The normalized spacial score (nSPS) is 24.8. The monoisotopic (exact) mass is 274 g/mol. The van der Waals surface area contributed by atoms with Gasteiger partial charge in [0.2, 0.25) is 5.91 Å². The number of hydrogen-bond acceptors (Lipinski definition) is 4. The first kappa shape index (κ1) is 13.8. The summed E-state index contributed by atoms with van der Waals surface area (Å²) in [6.07, 6.45) is 6.46. The van der Waals surface area contributed by atoms with Gasteiger partial charge in [-0.1, -0.05) is 12.8 Å². The lowest BCUT2D eigenvalue weighted by atomic mass is 9.97. The summed E-state index contributed by atoms with van der Waals surface area (Å²) >= 11 is 0. The van der Waals surface area contributed by atoms with Gasteiger partial charge < -0.3 is 11.1 Å². The molecule has 2 saturated carbocycles. The average Bonchev–Trinajstić information content (AvgIpc) is 2.84. The average molecular weight is 274 g/mol. The summed E-state index contributed by atoms with van der Waals surface area (Å²) < 4.78 is 22.6. The molecule has 0 bridgehead atoms. The van der Waals surface area contributed by atoms with Crippen molar-refractivity contribution in [3.05, 3.63) is 0 Å². The van der Waals surface area contributed by atoms with Gasteiger partial charge in [-0.25, -0.2) is 8.42 Å². The van der Waals surface area contributed by atoms with E-state index in [0.717, 1.165) is 38.5 Å². The predicted octanol–water partition coefficient (Wildman–Crippen LogP) is 0.199. The molecule has 18 heavy (non-hydrogen) atoms. The maximum Gasteiger partial charge on any atom is 0.240 e. The second-order valence-corrected chi connectivity index (χ2v) is 8.26. The zero-order chi connectivity index (χ0) is 13.4. The van der Waals surface area contributed by atoms with Gasteiger partial charge in [-0.2, -0.15) is 0 Å². The molecule has 0 atom stereocenters. The van der Waals surface area contributed by atoms with Crippen molar-refractivity contribution in [2.24, 2.45) is 11.1 Å². The van der Waals surface area contributed by atoms with Crippen molar-refractivity contribution in [3.8, 4) is 0 Å². The Bertz CT molecular complexity index is 434. The number of sulfone groups is 1. The highest BCUT2D eigenvalue weighted by Crippen LogP contribution is 2.46. The molecule has 2 aliphatic rings. The second-order valence-electron chi connectivity index (χ2n) is 6.12. The minimum Gasteiger partial charge on any atom is -0.354 e. The third-order valence-electron chi connectivity index (χ3n) is 4.10. The minimum absolute atomic E-state index is 0.111. The number of nitrogens with two attached hydrogens (primary N) is 1. The minimum atomic E-state index is -2.98. The van der Waals surface area contributed by atoms with Crippen LogP contribution in [-0.4, -0.2) is 38.4 Å². The van der Waals surface area contributed by atoms with Crippen LogP contribution in [0, 0.1) is 5.41 Å². The molecule has 0 aromatic heterocycles. The highest BCUT2D eigenvalue weighted by molar-refractivity contribution is 7.90. The van der Waals surface area contributed by atoms with E-state index in [4.69, 9.17) is 5.73 Å². The first-order valence-electron chi connectivity index (χ1n) is 6.50. The van der Waals surface area contributed by atoms with Crippen LogP contribution in [0.25, 0.3) is 0 Å². The lowest BCUT2D eigenvalue weighted by molar-refractivity contribution is -0.126. The fraction of sp³-hybridized carbons (Fsp3) is 0.917. The van der Waals surface area contributed by atoms with Gasteiger partial charge in [-0.05, 0) is 25.7 Å². The fourth-order valence-electron chi connectivity index (χ4n) is 2.78. The van der Waals surface area contributed by atoms with Gasteiger partial charge in [0.25, 0.3) is 0 Å². The molecule has 0 unspecified atom stereocenters. The molecule has 2 aliphatic carbocycles. The quantitative estimate of drug-likeness (QED) is 0.749. The Labute approximate surface area is 108 Å². The first-order chi connectivity index (χ1) is 8.25. The molecule has 3 N–H and O–H groups in total. The third kappa shape index (κ3) is 3.23. The number of carbonyl (C=O) groups excluding carboxylic acids is 1. The number of nitrogens with one attached hydrogen (secondary N) is 1. The van der Waals surface area contributed by atoms with E-state index in [0.29, 0.717) is 6.54 Å². The van der Waals surface area contributed by atoms with Crippen LogP contribution < -0.4 is 11.1 Å². The Hall–Kier alpha value is -0.620. The summed E-state index contributed by atoms with van der Waals surface area (Å²) in [6, 6.07) is 0. The molecule has 0 aliphatic heterocycles. The largest absolute Gasteiger partial charge is 0.354 e. The Morgan fingerprint density at radius 2 is 1.78 bits per heavy atom. The Balaban J connectivity index is 1.86. The molecular formula is C12H22N2O3S. The Kier molecular flexibility index (Phi) is 3.44. The number of carbonyl (C=O) groups is 1. The summed E-state index contributed by atoms with van der Waals surface area (Å²) in [5, 5.41) is 2.86. The van der Waals surface area contributed by atoms with Crippen LogP contribution in [0.15, 0.2) is 0 Å². The zero-order valence-corrected chi connectivity index (χ0v) is 11.7. The highest BCUT2D eigenvalue weighted by atomic mass is 32.2. The summed E-state index contributed by atoms with van der Waals surface area (Å²) in [5.74, 6) is 0.0532. The van der Waals surface area contributed by atoms with Gasteiger partial charge in [0, 0.05) is 18.2 Å². The van der Waals surface area contributed by atoms with Crippen LogP contribution in [0.1, 0.15) is 38.5 Å². The molecule has 6 heteroatoms. The molecule has 104 valence electrons. The molecule has 2 rings (SSSR count). The van der Waals surface area contributed by atoms with E-state index in [1.807, 2.05) is 0 Å². The van der Waals surface area contributed by atoms with Crippen molar-refractivity contribution in [1.29, 1.82) is 0 Å². The molecule has 0 aromatic carbocycles. The van der Waals surface area contributed by atoms with Crippen molar-refractivity contribution >= 4 is 15.7 Å². The van der Waals surface area contributed by atoms with Gasteiger partial charge in [0.1, 0.15) is 9.84 Å².